The third kappa shape index (κ3) is 3.87. The predicted octanol–water partition coefficient (Wildman–Crippen LogP) is 2.06. The number of hydrogen-bond donors (Lipinski definition) is 3. The number of carboxylic acid groups (broad SMARTS) is 1. The van der Waals surface area contributed by atoms with Crippen LogP contribution in [0.15, 0.2) is 29.4 Å². The molecule has 1 amide bonds. The molecule has 0 aromatic heterocycles. The number of oxime groups is 1. The van der Waals surface area contributed by atoms with Crippen LogP contribution in [-0.4, -0.2) is 32.7 Å². The van der Waals surface area contributed by atoms with E-state index in [1.54, 1.807) is 24.3 Å². The van der Waals surface area contributed by atoms with Crippen molar-refractivity contribution in [2.75, 3.05) is 0 Å². The summed E-state index contributed by atoms with van der Waals surface area (Å²) in [4.78, 5) is 12.6. The van der Waals surface area contributed by atoms with Gasteiger partial charge in [-0.25, -0.2) is 4.79 Å². The van der Waals surface area contributed by atoms with Crippen LogP contribution >= 0.6 is 0 Å². The van der Waals surface area contributed by atoms with Gasteiger partial charge in [0.05, 0.1) is 0 Å². The molecule has 6 nitrogen and oxygen atoms in total. The Kier molecular flexibility index (Phi) is 4.37. The second-order valence-electron chi connectivity index (χ2n) is 5.22. The van der Waals surface area contributed by atoms with E-state index in [4.69, 9.17) is 10.9 Å². The van der Waals surface area contributed by atoms with Gasteiger partial charge in [0.2, 0.25) is 0 Å². The lowest BCUT2D eigenvalue weighted by molar-refractivity contribution is 0.0955. The Hall–Kier alpha value is -2.24. The van der Waals surface area contributed by atoms with Gasteiger partial charge in [-0.1, -0.05) is 29.4 Å². The maximum atomic E-state index is 11.2. The average Bonchev–Trinajstić information content (AvgIpc) is 2.34. The summed E-state index contributed by atoms with van der Waals surface area (Å²) < 4.78 is 0. The number of benzene rings is 1. The van der Waals surface area contributed by atoms with Gasteiger partial charge < -0.3 is 16.0 Å². The first-order valence-corrected chi connectivity index (χ1v) is 5.83. The molecule has 0 saturated heterocycles. The van der Waals surface area contributed by atoms with Gasteiger partial charge in [-0.15, -0.1) is 0 Å². The zero-order valence-electron chi connectivity index (χ0n) is 11.3. The van der Waals surface area contributed by atoms with Gasteiger partial charge in [-0.05, 0) is 26.3 Å². The zero-order chi connectivity index (χ0) is 14.6. The molecule has 0 radical (unpaired) electrons. The fraction of sp³-hybridized carbons (Fsp3) is 0.385. The molecule has 0 aliphatic heterocycles. The molecule has 104 valence electrons. The van der Waals surface area contributed by atoms with Crippen molar-refractivity contribution in [1.29, 1.82) is 0 Å². The average molecular weight is 265 g/mol. The summed E-state index contributed by atoms with van der Waals surface area (Å²) in [5, 5.41) is 20.7. The lowest BCUT2D eigenvalue weighted by Crippen LogP contribution is -2.44. The van der Waals surface area contributed by atoms with Crippen LogP contribution in [-0.2, 0) is 6.54 Å². The summed E-state index contributed by atoms with van der Waals surface area (Å²) >= 11 is 0. The number of nitrogens with two attached hydrogens (primary N) is 1. The molecule has 0 bridgehead atoms. The molecule has 4 N–H and O–H groups in total. The second kappa shape index (κ2) is 5.60. The second-order valence-corrected chi connectivity index (χ2v) is 5.22. The van der Waals surface area contributed by atoms with Crippen LogP contribution in [0.3, 0.4) is 0 Å². The lowest BCUT2D eigenvalue weighted by Gasteiger charge is -2.33. The van der Waals surface area contributed by atoms with Crippen molar-refractivity contribution in [2.45, 2.75) is 32.9 Å². The minimum atomic E-state index is -0.965. The highest BCUT2D eigenvalue weighted by Gasteiger charge is 2.25. The molecule has 1 aromatic rings. The Morgan fingerprint density at radius 3 is 2.21 bits per heavy atom. The van der Waals surface area contributed by atoms with Crippen LogP contribution in [0.1, 0.15) is 31.9 Å². The van der Waals surface area contributed by atoms with Gasteiger partial charge in [0.1, 0.15) is 0 Å². The molecule has 1 aromatic carbocycles. The Bertz CT molecular complexity index is 475. The zero-order valence-corrected chi connectivity index (χ0v) is 11.3. The summed E-state index contributed by atoms with van der Waals surface area (Å²) in [6, 6.07) is 6.89. The molecular formula is C13H19N3O3. The molecule has 0 spiro atoms. The maximum absolute atomic E-state index is 11.2. The predicted molar refractivity (Wildman–Crippen MR) is 72.3 cm³/mol. The molecule has 0 fully saturated rings. The first-order chi connectivity index (χ1) is 8.75. The van der Waals surface area contributed by atoms with E-state index < -0.39 is 11.6 Å². The van der Waals surface area contributed by atoms with E-state index >= 15 is 0 Å². The van der Waals surface area contributed by atoms with Crippen molar-refractivity contribution in [2.24, 2.45) is 10.9 Å². The highest BCUT2D eigenvalue weighted by molar-refractivity contribution is 5.96. The van der Waals surface area contributed by atoms with Gasteiger partial charge in [0.15, 0.2) is 5.84 Å². The van der Waals surface area contributed by atoms with Crippen LogP contribution in [0.25, 0.3) is 0 Å². The van der Waals surface area contributed by atoms with Crippen molar-refractivity contribution in [1.82, 2.24) is 4.90 Å². The van der Waals surface area contributed by atoms with E-state index in [1.807, 2.05) is 20.8 Å². The molecule has 6 heteroatoms. The largest absolute Gasteiger partial charge is 0.465 e. The van der Waals surface area contributed by atoms with Crippen molar-refractivity contribution < 1.29 is 15.1 Å². The molecule has 1 rings (SSSR count). The third-order valence-corrected chi connectivity index (χ3v) is 2.74. The standard InChI is InChI=1S/C13H19N3O3/c1-13(2,3)16(12(17)18)8-9-4-6-10(7-5-9)11(14)15-19/h4-7,19H,8H2,1-3H3,(H2,14,15)(H,17,18). The normalized spacial score (nSPS) is 12.3. The smallest absolute Gasteiger partial charge is 0.408 e. The minimum absolute atomic E-state index is 0.0254. The maximum Gasteiger partial charge on any atom is 0.408 e. The highest BCUT2D eigenvalue weighted by Crippen LogP contribution is 2.17. The fourth-order valence-electron chi connectivity index (χ4n) is 1.61. The van der Waals surface area contributed by atoms with Crippen molar-refractivity contribution in [3.63, 3.8) is 0 Å². The van der Waals surface area contributed by atoms with Gasteiger partial charge in [0.25, 0.3) is 0 Å². The number of carbonyl (C=O) groups is 1. The molecule has 0 atom stereocenters. The number of nitrogens with zero attached hydrogens (tertiary/aromatic N) is 2. The SMILES string of the molecule is CC(C)(C)N(Cc1ccc(/C(N)=N\O)cc1)C(=O)O. The van der Waals surface area contributed by atoms with Crippen LogP contribution in [0.4, 0.5) is 4.79 Å². The van der Waals surface area contributed by atoms with E-state index in [0.717, 1.165) is 5.56 Å². The van der Waals surface area contributed by atoms with E-state index in [0.29, 0.717) is 5.56 Å². The Morgan fingerprint density at radius 2 is 1.84 bits per heavy atom. The van der Waals surface area contributed by atoms with E-state index in [1.165, 1.54) is 4.90 Å². The van der Waals surface area contributed by atoms with Gasteiger partial charge in [-0.2, -0.15) is 0 Å². The Balaban J connectivity index is 2.90. The minimum Gasteiger partial charge on any atom is -0.465 e. The summed E-state index contributed by atoms with van der Waals surface area (Å²) in [5.41, 5.74) is 6.41. The van der Waals surface area contributed by atoms with Crippen molar-refractivity contribution in [3.8, 4) is 0 Å². The van der Waals surface area contributed by atoms with Gasteiger partial charge >= 0.3 is 6.09 Å². The number of amidine groups is 1. The van der Waals surface area contributed by atoms with Crippen LogP contribution in [0.2, 0.25) is 0 Å². The van der Waals surface area contributed by atoms with Gasteiger partial charge in [0, 0.05) is 17.6 Å². The molecule has 19 heavy (non-hydrogen) atoms. The summed E-state index contributed by atoms with van der Waals surface area (Å²) in [6.07, 6.45) is -0.965. The monoisotopic (exact) mass is 265 g/mol. The third-order valence-electron chi connectivity index (χ3n) is 2.74. The summed E-state index contributed by atoms with van der Waals surface area (Å²) in [6.45, 7) is 5.80. The van der Waals surface area contributed by atoms with E-state index in [-0.39, 0.29) is 12.4 Å². The number of hydrogen-bond acceptors (Lipinski definition) is 3. The quantitative estimate of drug-likeness (QED) is 0.337. The first kappa shape index (κ1) is 14.8. The lowest BCUT2D eigenvalue weighted by atomic mass is 10.0. The molecular weight excluding hydrogens is 246 g/mol. The van der Waals surface area contributed by atoms with Crippen LogP contribution < -0.4 is 5.73 Å². The summed E-state index contributed by atoms with van der Waals surface area (Å²) in [5.74, 6) is 0.0254. The summed E-state index contributed by atoms with van der Waals surface area (Å²) in [7, 11) is 0. The number of rotatable bonds is 3. The van der Waals surface area contributed by atoms with Crippen molar-refractivity contribution in [3.05, 3.63) is 35.4 Å². The molecule has 0 aliphatic carbocycles. The Morgan fingerprint density at radius 1 is 1.32 bits per heavy atom. The highest BCUT2D eigenvalue weighted by atomic mass is 16.4. The van der Waals surface area contributed by atoms with Crippen LogP contribution in [0, 0.1) is 0 Å². The fourth-order valence-corrected chi connectivity index (χ4v) is 1.61. The Labute approximate surface area is 112 Å². The van der Waals surface area contributed by atoms with E-state index in [9.17, 15) is 9.90 Å². The molecule has 0 saturated carbocycles. The van der Waals surface area contributed by atoms with Gasteiger partial charge in [-0.3, -0.25) is 4.90 Å². The van der Waals surface area contributed by atoms with Crippen molar-refractivity contribution >= 4 is 11.9 Å². The molecule has 0 aliphatic rings. The van der Waals surface area contributed by atoms with E-state index in [2.05, 4.69) is 5.16 Å². The number of amides is 1. The van der Waals surface area contributed by atoms with Crippen LogP contribution in [0.5, 0.6) is 0 Å². The first-order valence-electron chi connectivity index (χ1n) is 5.83. The molecule has 0 heterocycles. The topological polar surface area (TPSA) is 99.1 Å². The molecule has 0 unspecified atom stereocenters.